The molecule has 3 rings (SSSR count). The third kappa shape index (κ3) is 2.50. The summed E-state index contributed by atoms with van der Waals surface area (Å²) in [5, 5.41) is 5.74. The SMILES string of the molecule is CSc1ncc2c(=O)n(-c3c(Cl)cccc3Cl)ncc2n1. The van der Waals surface area contributed by atoms with Gasteiger partial charge >= 0.3 is 0 Å². The molecule has 0 spiro atoms. The predicted molar refractivity (Wildman–Crippen MR) is 84.7 cm³/mol. The van der Waals surface area contributed by atoms with Crippen molar-refractivity contribution < 1.29 is 0 Å². The fourth-order valence-electron chi connectivity index (χ4n) is 1.87. The van der Waals surface area contributed by atoms with Crippen LogP contribution in [0.1, 0.15) is 0 Å². The molecule has 0 bridgehead atoms. The summed E-state index contributed by atoms with van der Waals surface area (Å²) < 4.78 is 1.16. The fraction of sp³-hybridized carbons (Fsp3) is 0.0769. The average molecular weight is 339 g/mol. The number of aromatic nitrogens is 4. The molecule has 0 atom stereocenters. The van der Waals surface area contributed by atoms with Crippen LogP contribution in [-0.2, 0) is 0 Å². The van der Waals surface area contributed by atoms with Gasteiger partial charge in [0.1, 0.15) is 11.2 Å². The summed E-state index contributed by atoms with van der Waals surface area (Å²) >= 11 is 13.6. The van der Waals surface area contributed by atoms with Crippen molar-refractivity contribution in [2.45, 2.75) is 5.16 Å². The zero-order valence-electron chi connectivity index (χ0n) is 10.7. The number of rotatable bonds is 2. The van der Waals surface area contributed by atoms with Crippen molar-refractivity contribution in [2.24, 2.45) is 0 Å². The van der Waals surface area contributed by atoms with Crippen LogP contribution in [-0.4, -0.2) is 26.0 Å². The number of hydrogen-bond donors (Lipinski definition) is 0. The summed E-state index contributed by atoms with van der Waals surface area (Å²) in [6, 6.07) is 5.00. The lowest BCUT2D eigenvalue weighted by Crippen LogP contribution is -2.22. The Balaban J connectivity index is 2.31. The van der Waals surface area contributed by atoms with Crippen LogP contribution in [0.25, 0.3) is 16.6 Å². The maximum absolute atomic E-state index is 12.5. The fourth-order valence-corrected chi connectivity index (χ4v) is 2.77. The first kappa shape index (κ1) is 14.3. The first-order chi connectivity index (χ1) is 10.1. The van der Waals surface area contributed by atoms with E-state index >= 15 is 0 Å². The molecule has 0 radical (unpaired) electrons. The molecule has 2 aromatic heterocycles. The molecule has 3 aromatic rings. The van der Waals surface area contributed by atoms with E-state index in [9.17, 15) is 4.79 Å². The zero-order chi connectivity index (χ0) is 15.0. The van der Waals surface area contributed by atoms with Gasteiger partial charge in [-0.05, 0) is 18.4 Å². The molecule has 1 aromatic carbocycles. The van der Waals surface area contributed by atoms with Crippen LogP contribution in [0, 0.1) is 0 Å². The molecule has 5 nitrogen and oxygen atoms in total. The Kier molecular flexibility index (Phi) is 3.84. The normalized spacial score (nSPS) is 11.0. The molecular weight excluding hydrogens is 331 g/mol. The molecule has 0 saturated carbocycles. The average Bonchev–Trinajstić information content (AvgIpc) is 2.49. The lowest BCUT2D eigenvalue weighted by molar-refractivity contribution is 0.814. The van der Waals surface area contributed by atoms with Crippen LogP contribution < -0.4 is 5.56 Å². The van der Waals surface area contributed by atoms with Crippen molar-refractivity contribution >= 4 is 45.9 Å². The Morgan fingerprint density at radius 3 is 2.57 bits per heavy atom. The standard InChI is InChI=1S/C13H8Cl2N4OS/c1-21-13-16-5-7-10(18-13)6-17-19(12(7)20)11-8(14)3-2-4-9(11)15/h2-6H,1H3. The van der Waals surface area contributed by atoms with Crippen LogP contribution in [0.15, 0.2) is 40.5 Å². The van der Waals surface area contributed by atoms with Gasteiger partial charge in [-0.15, -0.1) is 0 Å². The Morgan fingerprint density at radius 2 is 1.90 bits per heavy atom. The minimum atomic E-state index is -0.366. The summed E-state index contributed by atoms with van der Waals surface area (Å²) in [6.07, 6.45) is 4.84. The molecule has 0 fully saturated rings. The first-order valence-corrected chi connectivity index (χ1v) is 7.83. The molecule has 0 saturated heterocycles. The number of nitrogens with zero attached hydrogens (tertiary/aromatic N) is 4. The molecule has 0 unspecified atom stereocenters. The van der Waals surface area contributed by atoms with Crippen molar-refractivity contribution in [1.82, 2.24) is 19.7 Å². The molecule has 0 amide bonds. The van der Waals surface area contributed by atoms with E-state index in [2.05, 4.69) is 15.1 Å². The number of thioether (sulfide) groups is 1. The molecule has 0 aliphatic carbocycles. The van der Waals surface area contributed by atoms with Gasteiger partial charge in [0.05, 0.1) is 21.6 Å². The van der Waals surface area contributed by atoms with E-state index in [0.717, 1.165) is 4.68 Å². The molecule has 106 valence electrons. The zero-order valence-corrected chi connectivity index (χ0v) is 13.1. The summed E-state index contributed by atoms with van der Waals surface area (Å²) in [5.74, 6) is 0. The van der Waals surface area contributed by atoms with Crippen LogP contribution >= 0.6 is 35.0 Å². The summed E-state index contributed by atoms with van der Waals surface area (Å²) in [4.78, 5) is 20.9. The van der Waals surface area contributed by atoms with Crippen molar-refractivity contribution in [1.29, 1.82) is 0 Å². The first-order valence-electron chi connectivity index (χ1n) is 5.85. The quantitative estimate of drug-likeness (QED) is 0.530. The van der Waals surface area contributed by atoms with Gasteiger partial charge in [-0.2, -0.15) is 9.78 Å². The lowest BCUT2D eigenvalue weighted by atomic mass is 10.3. The van der Waals surface area contributed by atoms with Gasteiger partial charge in [-0.3, -0.25) is 4.79 Å². The largest absolute Gasteiger partial charge is 0.282 e. The third-order valence-electron chi connectivity index (χ3n) is 2.85. The second-order valence-corrected chi connectivity index (χ2v) is 5.68. The molecule has 2 heterocycles. The van der Waals surface area contributed by atoms with Crippen molar-refractivity contribution in [2.75, 3.05) is 6.26 Å². The van der Waals surface area contributed by atoms with E-state index < -0.39 is 0 Å². The van der Waals surface area contributed by atoms with Crippen molar-refractivity contribution in [3.63, 3.8) is 0 Å². The number of halogens is 2. The van der Waals surface area contributed by atoms with Crippen LogP contribution in [0.3, 0.4) is 0 Å². The van der Waals surface area contributed by atoms with Crippen LogP contribution in [0.5, 0.6) is 0 Å². The van der Waals surface area contributed by atoms with Gasteiger partial charge in [0.15, 0.2) is 5.16 Å². The van der Waals surface area contributed by atoms with E-state index in [0.29, 0.717) is 31.8 Å². The molecule has 8 heteroatoms. The lowest BCUT2D eigenvalue weighted by Gasteiger charge is -2.09. The number of hydrogen-bond acceptors (Lipinski definition) is 5. The Hall–Kier alpha value is -1.63. The van der Waals surface area contributed by atoms with E-state index in [4.69, 9.17) is 23.2 Å². The van der Waals surface area contributed by atoms with E-state index in [1.165, 1.54) is 24.2 Å². The van der Waals surface area contributed by atoms with Crippen LogP contribution in [0.4, 0.5) is 0 Å². The van der Waals surface area contributed by atoms with Gasteiger partial charge < -0.3 is 0 Å². The maximum atomic E-state index is 12.5. The van der Waals surface area contributed by atoms with Crippen molar-refractivity contribution in [3.8, 4) is 5.69 Å². The van der Waals surface area contributed by atoms with Gasteiger partial charge in [-0.1, -0.05) is 41.0 Å². The number of benzene rings is 1. The van der Waals surface area contributed by atoms with Crippen LogP contribution in [0.2, 0.25) is 10.0 Å². The highest BCUT2D eigenvalue weighted by atomic mass is 35.5. The smallest absolute Gasteiger partial charge is 0.267 e. The maximum Gasteiger partial charge on any atom is 0.282 e. The van der Waals surface area contributed by atoms with Crippen molar-refractivity contribution in [3.05, 3.63) is 51.0 Å². The van der Waals surface area contributed by atoms with Gasteiger partial charge in [0.2, 0.25) is 0 Å². The van der Waals surface area contributed by atoms with E-state index in [1.807, 2.05) is 6.26 Å². The number of para-hydroxylation sites is 1. The molecule has 21 heavy (non-hydrogen) atoms. The van der Waals surface area contributed by atoms with E-state index in [-0.39, 0.29) is 5.56 Å². The Bertz CT molecular complexity index is 877. The monoisotopic (exact) mass is 338 g/mol. The summed E-state index contributed by atoms with van der Waals surface area (Å²) in [7, 11) is 0. The Morgan fingerprint density at radius 1 is 1.19 bits per heavy atom. The van der Waals surface area contributed by atoms with Gasteiger partial charge in [0.25, 0.3) is 5.56 Å². The summed E-state index contributed by atoms with van der Waals surface area (Å²) in [5.41, 5.74) is 0.468. The predicted octanol–water partition coefficient (Wildman–Crippen LogP) is 3.20. The van der Waals surface area contributed by atoms with Gasteiger partial charge in [0, 0.05) is 6.20 Å². The molecule has 0 aliphatic rings. The summed E-state index contributed by atoms with van der Waals surface area (Å²) in [6.45, 7) is 0. The highest BCUT2D eigenvalue weighted by Crippen LogP contribution is 2.26. The Labute approximate surface area is 133 Å². The topological polar surface area (TPSA) is 60.7 Å². The van der Waals surface area contributed by atoms with Gasteiger partial charge in [-0.25, -0.2) is 9.97 Å². The highest BCUT2D eigenvalue weighted by molar-refractivity contribution is 7.98. The minimum absolute atomic E-state index is 0.345. The minimum Gasteiger partial charge on any atom is -0.267 e. The second-order valence-electron chi connectivity index (χ2n) is 4.09. The molecule has 0 N–H and O–H groups in total. The third-order valence-corrected chi connectivity index (χ3v) is 4.02. The molecule has 0 aliphatic heterocycles. The number of fused-ring (bicyclic) bond motifs is 1. The highest BCUT2D eigenvalue weighted by Gasteiger charge is 2.13. The molecular formula is C13H8Cl2N4OS. The second kappa shape index (κ2) is 5.63. The van der Waals surface area contributed by atoms with E-state index in [1.54, 1.807) is 18.2 Å².